The third kappa shape index (κ3) is 9.71. The summed E-state index contributed by atoms with van der Waals surface area (Å²) in [5, 5.41) is 9.30. The lowest BCUT2D eigenvalue weighted by Crippen LogP contribution is -2.25. The quantitative estimate of drug-likeness (QED) is 0.446. The molecule has 3 aromatic rings. The normalized spacial score (nSPS) is 15.8. The minimum Gasteiger partial charge on any atom is -0.492 e. The number of rotatable bonds is 2. The number of nitrogens with zero attached hydrogens (tertiary/aromatic N) is 3. The first-order valence-corrected chi connectivity index (χ1v) is 12.8. The second kappa shape index (κ2) is 13.7. The van der Waals surface area contributed by atoms with E-state index in [1.807, 2.05) is 24.3 Å². The standard InChI is InChI=1S/C27H31F3N6O3/c28-27(29,30)18-39-26-35-23-16-19-4-8-21(9-5-19)24(37)32-13-3-1-2-12-31-14-15-38-22-10-6-20(7-11-22)17-33-25(34-23)36-26/h4-11,31H,1-3,12-18H2,(H,32,37)(H,33,34,35,36). The third-order valence-electron chi connectivity index (χ3n) is 5.84. The number of nitrogens with one attached hydrogen (secondary N) is 3. The Bertz CT molecular complexity index is 1210. The van der Waals surface area contributed by atoms with Crippen LogP contribution in [0.1, 0.15) is 46.6 Å². The fourth-order valence-corrected chi connectivity index (χ4v) is 3.83. The molecule has 208 valence electrons. The first-order chi connectivity index (χ1) is 18.8. The number of carbonyl (C=O) groups excluding carboxylic acids is 1. The number of halogens is 3. The Morgan fingerprint density at radius 1 is 0.846 bits per heavy atom. The molecule has 6 bridgehead atoms. The van der Waals surface area contributed by atoms with Gasteiger partial charge in [0.1, 0.15) is 18.2 Å². The van der Waals surface area contributed by atoms with Crippen LogP contribution in [0.5, 0.6) is 11.8 Å². The van der Waals surface area contributed by atoms with Crippen LogP contribution < -0.4 is 25.4 Å². The molecule has 3 N–H and O–H groups in total. The van der Waals surface area contributed by atoms with Gasteiger partial charge >= 0.3 is 12.2 Å². The van der Waals surface area contributed by atoms with Gasteiger partial charge < -0.3 is 25.4 Å². The van der Waals surface area contributed by atoms with E-state index in [2.05, 4.69) is 30.9 Å². The highest BCUT2D eigenvalue weighted by atomic mass is 19.4. The number of hydrogen-bond acceptors (Lipinski definition) is 8. The predicted octanol–water partition coefficient (Wildman–Crippen LogP) is 3.90. The average Bonchev–Trinajstić information content (AvgIpc) is 2.92. The van der Waals surface area contributed by atoms with Gasteiger partial charge in [-0.15, -0.1) is 0 Å². The molecular weight excluding hydrogens is 513 g/mol. The van der Waals surface area contributed by atoms with Crippen molar-refractivity contribution in [2.24, 2.45) is 0 Å². The van der Waals surface area contributed by atoms with Crippen molar-refractivity contribution in [2.75, 3.05) is 38.2 Å². The molecule has 0 atom stereocenters. The topological polar surface area (TPSA) is 110 Å². The lowest BCUT2D eigenvalue weighted by molar-refractivity contribution is -0.154. The van der Waals surface area contributed by atoms with Crippen molar-refractivity contribution in [1.82, 2.24) is 25.6 Å². The molecule has 1 aromatic heterocycles. The monoisotopic (exact) mass is 544 g/mol. The van der Waals surface area contributed by atoms with Crippen molar-refractivity contribution in [3.05, 3.63) is 71.0 Å². The third-order valence-corrected chi connectivity index (χ3v) is 5.84. The Morgan fingerprint density at radius 3 is 2.36 bits per heavy atom. The number of ether oxygens (including phenoxy) is 2. The summed E-state index contributed by atoms with van der Waals surface area (Å²) in [7, 11) is 0. The number of benzene rings is 2. The average molecular weight is 545 g/mol. The first-order valence-electron chi connectivity index (χ1n) is 12.8. The Hall–Kier alpha value is -3.93. The van der Waals surface area contributed by atoms with E-state index in [0.29, 0.717) is 25.3 Å². The molecule has 0 saturated carbocycles. The summed E-state index contributed by atoms with van der Waals surface area (Å²) < 4.78 is 48.8. The predicted molar refractivity (Wildman–Crippen MR) is 139 cm³/mol. The number of anilines is 1. The molecule has 6 rings (SSSR count). The van der Waals surface area contributed by atoms with Crippen LogP contribution in [0.2, 0.25) is 0 Å². The maximum Gasteiger partial charge on any atom is 0.422 e. The number of amides is 1. The van der Waals surface area contributed by atoms with Gasteiger partial charge in [0.05, 0.1) is 0 Å². The minimum atomic E-state index is -4.53. The summed E-state index contributed by atoms with van der Waals surface area (Å²) in [6.45, 7) is 1.52. The van der Waals surface area contributed by atoms with E-state index in [0.717, 1.165) is 49.2 Å². The number of carbonyl (C=O) groups is 1. The van der Waals surface area contributed by atoms with Gasteiger partial charge in [0, 0.05) is 31.6 Å². The van der Waals surface area contributed by atoms with Gasteiger partial charge in [0.2, 0.25) is 5.95 Å². The SMILES string of the molecule is O=C1NCCCCCNCCOc2ccc(cc2)CNc2nc(nc(OCC(F)(F)F)n2)Cc2ccc1cc2. The molecule has 0 fully saturated rings. The van der Waals surface area contributed by atoms with Crippen LogP contribution >= 0.6 is 0 Å². The van der Waals surface area contributed by atoms with Crippen molar-refractivity contribution in [2.45, 2.75) is 38.4 Å². The van der Waals surface area contributed by atoms with Gasteiger partial charge in [-0.05, 0) is 54.8 Å². The van der Waals surface area contributed by atoms with Gasteiger partial charge in [-0.1, -0.05) is 30.7 Å². The number of hydrogen-bond donors (Lipinski definition) is 3. The molecule has 2 aromatic carbocycles. The van der Waals surface area contributed by atoms with E-state index in [4.69, 9.17) is 9.47 Å². The highest BCUT2D eigenvalue weighted by Gasteiger charge is 2.29. The van der Waals surface area contributed by atoms with E-state index in [9.17, 15) is 18.0 Å². The molecule has 3 aliphatic heterocycles. The highest BCUT2D eigenvalue weighted by molar-refractivity contribution is 5.94. The minimum absolute atomic E-state index is 0.0881. The molecule has 0 aliphatic carbocycles. The van der Waals surface area contributed by atoms with Gasteiger partial charge in [-0.25, -0.2) is 0 Å². The summed E-state index contributed by atoms with van der Waals surface area (Å²) in [6, 6.07) is 14.0. The van der Waals surface area contributed by atoms with Gasteiger partial charge in [-0.2, -0.15) is 28.1 Å². The lowest BCUT2D eigenvalue weighted by Gasteiger charge is -2.12. The van der Waals surface area contributed by atoms with Crippen molar-refractivity contribution >= 4 is 11.9 Å². The summed E-state index contributed by atoms with van der Waals surface area (Å²) >= 11 is 0. The molecule has 3 aliphatic rings. The van der Waals surface area contributed by atoms with E-state index in [1.54, 1.807) is 24.3 Å². The van der Waals surface area contributed by atoms with Crippen LogP contribution in [-0.4, -0.2) is 59.9 Å². The largest absolute Gasteiger partial charge is 0.492 e. The van der Waals surface area contributed by atoms with Crippen molar-refractivity contribution in [3.8, 4) is 11.8 Å². The number of aromatic nitrogens is 3. The Kier molecular flexibility index (Phi) is 9.90. The summed E-state index contributed by atoms with van der Waals surface area (Å²) in [6.07, 6.45) is -1.45. The van der Waals surface area contributed by atoms with Crippen LogP contribution in [-0.2, 0) is 13.0 Å². The first kappa shape index (κ1) is 28.1. The van der Waals surface area contributed by atoms with Crippen molar-refractivity contribution in [3.63, 3.8) is 0 Å². The molecule has 0 spiro atoms. The molecule has 1 amide bonds. The number of fused-ring (bicyclic) bond motifs is 2. The molecule has 0 saturated heterocycles. The molecule has 39 heavy (non-hydrogen) atoms. The van der Waals surface area contributed by atoms with Gasteiger partial charge in [0.25, 0.3) is 5.91 Å². The second-order valence-corrected chi connectivity index (χ2v) is 9.05. The van der Waals surface area contributed by atoms with Gasteiger partial charge in [0.15, 0.2) is 6.61 Å². The van der Waals surface area contributed by atoms with E-state index in [1.165, 1.54) is 0 Å². The molecule has 9 nitrogen and oxygen atoms in total. The van der Waals surface area contributed by atoms with E-state index in [-0.39, 0.29) is 24.1 Å². The molecule has 0 radical (unpaired) electrons. The summed E-state index contributed by atoms with van der Waals surface area (Å²) in [5.74, 6) is 0.886. The van der Waals surface area contributed by atoms with Crippen LogP contribution in [0.4, 0.5) is 19.1 Å². The van der Waals surface area contributed by atoms with Crippen LogP contribution in [0.15, 0.2) is 48.5 Å². The molecule has 0 unspecified atom stereocenters. The van der Waals surface area contributed by atoms with Crippen LogP contribution in [0.25, 0.3) is 0 Å². The summed E-state index contributed by atoms with van der Waals surface area (Å²) in [4.78, 5) is 24.9. The van der Waals surface area contributed by atoms with Crippen molar-refractivity contribution < 1.29 is 27.4 Å². The second-order valence-electron chi connectivity index (χ2n) is 9.05. The Balaban J connectivity index is 1.52. The molecule has 4 heterocycles. The molecular formula is C27H31F3N6O3. The molecule has 12 heteroatoms. The van der Waals surface area contributed by atoms with Crippen molar-refractivity contribution in [1.29, 1.82) is 0 Å². The highest BCUT2D eigenvalue weighted by Crippen LogP contribution is 2.19. The van der Waals surface area contributed by atoms with Crippen LogP contribution in [0.3, 0.4) is 0 Å². The lowest BCUT2D eigenvalue weighted by atomic mass is 10.1. The summed E-state index contributed by atoms with van der Waals surface area (Å²) in [5.41, 5.74) is 2.20. The van der Waals surface area contributed by atoms with Crippen LogP contribution in [0, 0.1) is 0 Å². The zero-order valence-electron chi connectivity index (χ0n) is 21.4. The Labute approximate surface area is 224 Å². The van der Waals surface area contributed by atoms with E-state index >= 15 is 0 Å². The fraction of sp³-hybridized carbons (Fsp3) is 0.407. The van der Waals surface area contributed by atoms with E-state index < -0.39 is 18.8 Å². The number of alkyl halides is 3. The van der Waals surface area contributed by atoms with Gasteiger partial charge in [-0.3, -0.25) is 4.79 Å². The Morgan fingerprint density at radius 2 is 1.59 bits per heavy atom. The maximum atomic E-state index is 12.7. The zero-order chi connectivity index (χ0) is 27.5. The fourth-order valence-electron chi connectivity index (χ4n) is 3.83. The maximum absolute atomic E-state index is 12.7. The smallest absolute Gasteiger partial charge is 0.422 e. The zero-order valence-corrected chi connectivity index (χ0v) is 21.4.